The minimum atomic E-state index is -0.765. The molecule has 0 spiro atoms. The van der Waals surface area contributed by atoms with Crippen molar-refractivity contribution in [3.8, 4) is 5.75 Å². The molecule has 2 aliphatic heterocycles. The van der Waals surface area contributed by atoms with Crippen molar-refractivity contribution in [1.29, 1.82) is 0 Å². The number of anilines is 1. The van der Waals surface area contributed by atoms with Crippen LogP contribution in [0.5, 0.6) is 5.75 Å². The number of benzene rings is 1. The second-order valence-electron chi connectivity index (χ2n) is 8.85. The van der Waals surface area contributed by atoms with Gasteiger partial charge in [0.15, 0.2) is 0 Å². The van der Waals surface area contributed by atoms with Gasteiger partial charge in [-0.1, -0.05) is 12.1 Å². The molecule has 1 amide bonds. The number of hydrogen-bond donors (Lipinski definition) is 2. The molecule has 172 valence electrons. The molecule has 0 radical (unpaired) electrons. The minimum absolute atomic E-state index is 0.265. The molecule has 4 rings (SSSR count). The predicted octanol–water partition coefficient (Wildman–Crippen LogP) is 1.91. The molecule has 0 bridgehead atoms. The number of β-amino-alcohol motifs (C(OH)–C–C–N with tert-alkyl or cyclic N) is 1. The summed E-state index contributed by atoms with van der Waals surface area (Å²) in [6.07, 6.45) is 4.79. The minimum Gasteiger partial charge on any atom is -0.494 e. The van der Waals surface area contributed by atoms with Gasteiger partial charge in [-0.05, 0) is 43.9 Å². The van der Waals surface area contributed by atoms with Crippen molar-refractivity contribution in [2.75, 3.05) is 44.2 Å². The summed E-state index contributed by atoms with van der Waals surface area (Å²) in [5.41, 5.74) is 1.31. The van der Waals surface area contributed by atoms with Crippen LogP contribution < -0.4 is 15.0 Å². The molecule has 8 heteroatoms. The van der Waals surface area contributed by atoms with Crippen molar-refractivity contribution >= 4 is 11.7 Å². The molecule has 32 heavy (non-hydrogen) atoms. The molecule has 1 atom stereocenters. The van der Waals surface area contributed by atoms with E-state index in [2.05, 4.69) is 20.2 Å². The van der Waals surface area contributed by atoms with Gasteiger partial charge < -0.3 is 25.0 Å². The fourth-order valence-electron chi connectivity index (χ4n) is 4.34. The zero-order valence-electron chi connectivity index (χ0n) is 18.8. The quantitative estimate of drug-likeness (QED) is 0.547. The van der Waals surface area contributed by atoms with Crippen LogP contribution in [0.1, 0.15) is 36.9 Å². The Morgan fingerprint density at radius 3 is 2.81 bits per heavy atom. The Morgan fingerprint density at radius 2 is 2.06 bits per heavy atom. The highest BCUT2D eigenvalue weighted by Gasteiger charge is 2.36. The lowest BCUT2D eigenvalue weighted by Gasteiger charge is -2.24. The summed E-state index contributed by atoms with van der Waals surface area (Å²) in [7, 11) is 0. The monoisotopic (exact) mass is 439 g/mol. The number of rotatable bonds is 10. The van der Waals surface area contributed by atoms with E-state index in [0.29, 0.717) is 39.1 Å². The summed E-state index contributed by atoms with van der Waals surface area (Å²) >= 11 is 0. The lowest BCUT2D eigenvalue weighted by molar-refractivity contribution is -0.127. The summed E-state index contributed by atoms with van der Waals surface area (Å²) in [5, 5.41) is 14.3. The highest BCUT2D eigenvalue weighted by atomic mass is 16.5. The van der Waals surface area contributed by atoms with Crippen LogP contribution in [0.3, 0.4) is 0 Å². The number of nitrogens with zero attached hydrogens (tertiary/aromatic N) is 4. The Bertz CT molecular complexity index is 907. The predicted molar refractivity (Wildman–Crippen MR) is 123 cm³/mol. The first-order valence-electron chi connectivity index (χ1n) is 11.5. The third-order valence-corrected chi connectivity index (χ3v) is 6.16. The Morgan fingerprint density at radius 1 is 1.22 bits per heavy atom. The molecule has 2 N–H and O–H groups in total. The summed E-state index contributed by atoms with van der Waals surface area (Å²) in [5.74, 6) is 1.98. The van der Waals surface area contributed by atoms with Gasteiger partial charge in [-0.15, -0.1) is 0 Å². The maximum absolute atomic E-state index is 11.6. The summed E-state index contributed by atoms with van der Waals surface area (Å²) in [6, 6.07) is 9.99. The fraction of sp³-hybridized carbons (Fsp3) is 0.542. The molecule has 2 saturated heterocycles. The number of likely N-dealkylation sites (tertiary alicyclic amines) is 1. The van der Waals surface area contributed by atoms with E-state index in [9.17, 15) is 9.90 Å². The van der Waals surface area contributed by atoms with Crippen LogP contribution in [-0.4, -0.2) is 70.8 Å². The Kier molecular flexibility index (Phi) is 7.22. The first-order valence-corrected chi connectivity index (χ1v) is 11.5. The third-order valence-electron chi connectivity index (χ3n) is 6.16. The number of amides is 1. The molecule has 0 saturated carbocycles. The molecular weight excluding hydrogens is 406 g/mol. The molecule has 2 fully saturated rings. The van der Waals surface area contributed by atoms with E-state index in [-0.39, 0.29) is 5.91 Å². The molecule has 2 aromatic rings. The maximum atomic E-state index is 11.6. The van der Waals surface area contributed by atoms with Gasteiger partial charge in [-0.25, -0.2) is 9.97 Å². The van der Waals surface area contributed by atoms with E-state index in [1.54, 1.807) is 6.33 Å². The normalized spacial score (nSPS) is 20.9. The second-order valence-corrected chi connectivity index (χ2v) is 8.85. The van der Waals surface area contributed by atoms with E-state index in [1.807, 2.05) is 42.2 Å². The van der Waals surface area contributed by atoms with Crippen LogP contribution in [0, 0.1) is 6.92 Å². The van der Waals surface area contributed by atoms with Gasteiger partial charge in [-0.2, -0.15) is 0 Å². The molecule has 1 aromatic heterocycles. The van der Waals surface area contributed by atoms with Crippen LogP contribution in [0.25, 0.3) is 0 Å². The number of aromatic nitrogens is 2. The van der Waals surface area contributed by atoms with E-state index in [0.717, 1.165) is 55.3 Å². The first-order chi connectivity index (χ1) is 15.5. The SMILES string of the molecule is Cc1cc(N2CC[C@@](O)(CNCc3ccc(OCCCN4CCCC4=O)cc3)C2)ncn1. The average Bonchev–Trinajstić information content (AvgIpc) is 3.38. The van der Waals surface area contributed by atoms with Crippen LogP contribution in [-0.2, 0) is 11.3 Å². The molecule has 3 heterocycles. The lowest BCUT2D eigenvalue weighted by Crippen LogP contribution is -2.43. The highest BCUT2D eigenvalue weighted by Crippen LogP contribution is 2.25. The van der Waals surface area contributed by atoms with E-state index >= 15 is 0 Å². The van der Waals surface area contributed by atoms with E-state index in [4.69, 9.17) is 4.74 Å². The van der Waals surface area contributed by atoms with Gasteiger partial charge in [0.25, 0.3) is 0 Å². The van der Waals surface area contributed by atoms with Gasteiger partial charge >= 0.3 is 0 Å². The van der Waals surface area contributed by atoms with Gasteiger partial charge in [0.1, 0.15) is 17.9 Å². The average molecular weight is 440 g/mol. The Balaban J connectivity index is 1.16. The van der Waals surface area contributed by atoms with Crippen LogP contribution in [0.15, 0.2) is 36.7 Å². The van der Waals surface area contributed by atoms with Crippen molar-refractivity contribution in [3.63, 3.8) is 0 Å². The van der Waals surface area contributed by atoms with Crippen LogP contribution in [0.4, 0.5) is 5.82 Å². The molecule has 2 aliphatic rings. The zero-order valence-corrected chi connectivity index (χ0v) is 18.8. The Hall–Kier alpha value is -2.71. The van der Waals surface area contributed by atoms with Crippen molar-refractivity contribution in [2.45, 2.75) is 44.8 Å². The van der Waals surface area contributed by atoms with Gasteiger partial charge in [0.05, 0.1) is 12.2 Å². The van der Waals surface area contributed by atoms with Gasteiger partial charge in [-0.3, -0.25) is 4.79 Å². The smallest absolute Gasteiger partial charge is 0.222 e. The van der Waals surface area contributed by atoms with Crippen molar-refractivity contribution in [2.24, 2.45) is 0 Å². The molecule has 0 unspecified atom stereocenters. The summed E-state index contributed by atoms with van der Waals surface area (Å²) in [6.45, 7) is 6.77. The number of carbonyl (C=O) groups is 1. The number of aryl methyl sites for hydroxylation is 1. The first kappa shape index (κ1) is 22.5. The summed E-state index contributed by atoms with van der Waals surface area (Å²) in [4.78, 5) is 24.1. The van der Waals surface area contributed by atoms with E-state index < -0.39 is 5.60 Å². The fourth-order valence-corrected chi connectivity index (χ4v) is 4.34. The van der Waals surface area contributed by atoms with E-state index in [1.165, 1.54) is 0 Å². The highest BCUT2D eigenvalue weighted by molar-refractivity contribution is 5.77. The Labute approximate surface area is 189 Å². The van der Waals surface area contributed by atoms with Gasteiger partial charge in [0.2, 0.25) is 5.91 Å². The van der Waals surface area contributed by atoms with Gasteiger partial charge in [0, 0.05) is 57.4 Å². The topological polar surface area (TPSA) is 90.8 Å². The van der Waals surface area contributed by atoms with Crippen molar-refractivity contribution < 1.29 is 14.6 Å². The maximum Gasteiger partial charge on any atom is 0.222 e. The van der Waals surface area contributed by atoms with Crippen LogP contribution in [0.2, 0.25) is 0 Å². The largest absolute Gasteiger partial charge is 0.494 e. The number of aliphatic hydroxyl groups is 1. The second kappa shape index (κ2) is 10.3. The van der Waals surface area contributed by atoms with Crippen LogP contribution >= 0.6 is 0 Å². The number of ether oxygens (including phenoxy) is 1. The summed E-state index contributed by atoms with van der Waals surface area (Å²) < 4.78 is 5.81. The molecule has 8 nitrogen and oxygen atoms in total. The van der Waals surface area contributed by atoms with Crippen molar-refractivity contribution in [1.82, 2.24) is 20.2 Å². The molecular formula is C24H33N5O3. The number of carbonyl (C=O) groups excluding carboxylic acids is 1. The van der Waals surface area contributed by atoms with Crippen molar-refractivity contribution in [3.05, 3.63) is 47.9 Å². The molecule has 0 aliphatic carbocycles. The number of nitrogens with one attached hydrogen (secondary N) is 1. The molecule has 1 aromatic carbocycles. The zero-order chi connectivity index (χ0) is 22.4. The third kappa shape index (κ3) is 5.95. The number of hydrogen-bond acceptors (Lipinski definition) is 7. The lowest BCUT2D eigenvalue weighted by atomic mass is 10.0. The standard InChI is InChI=1S/C24H33N5O3/c1-19-14-22(27-18-26-19)29-12-9-24(31,17-29)16-25-15-20-5-7-21(8-6-20)32-13-3-11-28-10-2-4-23(28)30/h5-8,14,18,25,31H,2-4,9-13,15-17H2,1H3/t24-/m1/s1.